The summed E-state index contributed by atoms with van der Waals surface area (Å²) in [6, 6.07) is 11.8. The Morgan fingerprint density at radius 2 is 2.04 bits per heavy atom. The minimum atomic E-state index is -0.505. The van der Waals surface area contributed by atoms with E-state index in [0.29, 0.717) is 13.0 Å². The Bertz CT molecular complexity index is 645. The van der Waals surface area contributed by atoms with Gasteiger partial charge in [0, 0.05) is 18.1 Å². The molecule has 1 aromatic carbocycles. The van der Waals surface area contributed by atoms with Crippen LogP contribution >= 0.6 is 0 Å². The largest absolute Gasteiger partial charge is 0.466 e. The molecule has 0 aliphatic carbocycles. The number of hydrogen-bond donors (Lipinski definition) is 1. The van der Waals surface area contributed by atoms with E-state index in [-0.39, 0.29) is 5.97 Å². The summed E-state index contributed by atoms with van der Waals surface area (Å²) in [5.74, 6) is 0.609. The van der Waals surface area contributed by atoms with Gasteiger partial charge < -0.3 is 14.6 Å². The van der Waals surface area contributed by atoms with E-state index in [4.69, 9.17) is 9.26 Å². The van der Waals surface area contributed by atoms with Crippen molar-refractivity contribution in [3.05, 3.63) is 42.2 Å². The summed E-state index contributed by atoms with van der Waals surface area (Å²) in [5.41, 5.74) is 1.31. The number of benzene rings is 1. The molecule has 1 aliphatic heterocycles. The van der Waals surface area contributed by atoms with Crippen molar-refractivity contribution < 1.29 is 14.1 Å². The van der Waals surface area contributed by atoms with E-state index in [9.17, 15) is 4.79 Å². The molecule has 0 spiro atoms. The Morgan fingerprint density at radius 3 is 2.74 bits per heavy atom. The topological polar surface area (TPSA) is 64.4 Å². The number of esters is 1. The zero-order valence-corrected chi connectivity index (χ0v) is 13.4. The monoisotopic (exact) mass is 314 g/mol. The number of carbonyl (C=O) groups is 1. The summed E-state index contributed by atoms with van der Waals surface area (Å²) < 4.78 is 10.8. The fourth-order valence-corrected chi connectivity index (χ4v) is 3.12. The molecule has 1 aromatic heterocycles. The maximum absolute atomic E-state index is 12.5. The Balaban J connectivity index is 1.80. The lowest BCUT2D eigenvalue weighted by atomic mass is 9.75. The fraction of sp³-hybridized carbons (Fsp3) is 0.444. The summed E-state index contributed by atoms with van der Waals surface area (Å²) >= 11 is 0. The van der Waals surface area contributed by atoms with Crippen LogP contribution in [0.25, 0.3) is 11.3 Å². The van der Waals surface area contributed by atoms with Crippen molar-refractivity contribution >= 4 is 5.97 Å². The smallest absolute Gasteiger partial charge is 0.312 e. The average Bonchev–Trinajstić information content (AvgIpc) is 3.05. The van der Waals surface area contributed by atoms with E-state index in [0.717, 1.165) is 42.9 Å². The molecule has 23 heavy (non-hydrogen) atoms. The lowest BCUT2D eigenvalue weighted by Crippen LogP contribution is -2.44. The number of nitrogens with zero attached hydrogens (tertiary/aromatic N) is 1. The average molecular weight is 314 g/mol. The van der Waals surface area contributed by atoms with Crippen LogP contribution in [0.15, 0.2) is 40.9 Å². The quantitative estimate of drug-likeness (QED) is 0.860. The van der Waals surface area contributed by atoms with Crippen LogP contribution in [0.3, 0.4) is 0 Å². The first-order valence-corrected chi connectivity index (χ1v) is 8.12. The predicted molar refractivity (Wildman–Crippen MR) is 86.8 cm³/mol. The van der Waals surface area contributed by atoms with Gasteiger partial charge in [0.2, 0.25) is 0 Å². The molecule has 0 atom stereocenters. The normalized spacial score (nSPS) is 16.9. The Morgan fingerprint density at radius 1 is 1.30 bits per heavy atom. The molecule has 0 unspecified atom stereocenters. The Labute approximate surface area is 136 Å². The lowest BCUT2D eigenvalue weighted by Gasteiger charge is -2.34. The maximum atomic E-state index is 12.5. The van der Waals surface area contributed by atoms with Gasteiger partial charge in [-0.2, -0.15) is 0 Å². The van der Waals surface area contributed by atoms with Crippen LogP contribution in [-0.4, -0.2) is 30.8 Å². The summed E-state index contributed by atoms with van der Waals surface area (Å²) in [6.45, 7) is 3.88. The van der Waals surface area contributed by atoms with Crippen molar-refractivity contribution in [3.8, 4) is 11.3 Å². The molecule has 1 N–H and O–H groups in total. The zero-order valence-electron chi connectivity index (χ0n) is 13.4. The van der Waals surface area contributed by atoms with E-state index >= 15 is 0 Å². The molecule has 3 rings (SSSR count). The molecule has 5 nitrogen and oxygen atoms in total. The van der Waals surface area contributed by atoms with E-state index in [1.807, 2.05) is 43.3 Å². The number of carbonyl (C=O) groups excluding carboxylic acids is 1. The van der Waals surface area contributed by atoms with Gasteiger partial charge in [-0.25, -0.2) is 0 Å². The van der Waals surface area contributed by atoms with Gasteiger partial charge in [0.1, 0.15) is 11.5 Å². The van der Waals surface area contributed by atoms with Crippen molar-refractivity contribution in [1.82, 2.24) is 10.5 Å². The SMILES string of the molecule is CCOC(=O)C1(Cc2cc(-c3ccccc3)no2)CCNCC1. The van der Waals surface area contributed by atoms with Gasteiger partial charge in [0.25, 0.3) is 0 Å². The molecule has 1 saturated heterocycles. The van der Waals surface area contributed by atoms with Crippen molar-refractivity contribution in [3.63, 3.8) is 0 Å². The fourth-order valence-electron chi connectivity index (χ4n) is 3.12. The molecular weight excluding hydrogens is 292 g/mol. The van der Waals surface area contributed by atoms with E-state index in [1.165, 1.54) is 0 Å². The molecule has 2 aromatic rings. The summed E-state index contributed by atoms with van der Waals surface area (Å²) in [5, 5.41) is 7.44. The third-order valence-electron chi connectivity index (χ3n) is 4.41. The van der Waals surface area contributed by atoms with Crippen LogP contribution in [0.5, 0.6) is 0 Å². The molecule has 0 saturated carbocycles. The summed E-state index contributed by atoms with van der Waals surface area (Å²) in [6.07, 6.45) is 2.05. The van der Waals surface area contributed by atoms with Gasteiger partial charge in [-0.05, 0) is 32.9 Å². The minimum absolute atomic E-state index is 0.126. The molecule has 1 aliphatic rings. The van der Waals surface area contributed by atoms with E-state index in [1.54, 1.807) is 0 Å². The summed E-state index contributed by atoms with van der Waals surface area (Å²) in [4.78, 5) is 12.5. The van der Waals surface area contributed by atoms with Crippen LogP contribution in [0.2, 0.25) is 0 Å². The second-order valence-corrected chi connectivity index (χ2v) is 5.97. The lowest BCUT2D eigenvalue weighted by molar-refractivity contribution is -0.157. The molecule has 5 heteroatoms. The van der Waals surface area contributed by atoms with Crippen molar-refractivity contribution in [2.75, 3.05) is 19.7 Å². The first-order valence-electron chi connectivity index (χ1n) is 8.12. The van der Waals surface area contributed by atoms with Crippen molar-refractivity contribution in [2.45, 2.75) is 26.2 Å². The third-order valence-corrected chi connectivity index (χ3v) is 4.41. The highest BCUT2D eigenvalue weighted by molar-refractivity contribution is 5.77. The molecule has 2 heterocycles. The molecule has 122 valence electrons. The van der Waals surface area contributed by atoms with Crippen molar-refractivity contribution in [2.24, 2.45) is 5.41 Å². The highest BCUT2D eigenvalue weighted by Crippen LogP contribution is 2.35. The first kappa shape index (κ1) is 15.7. The minimum Gasteiger partial charge on any atom is -0.466 e. The Kier molecular flexibility index (Phi) is 4.76. The number of rotatable bonds is 5. The van der Waals surface area contributed by atoms with Crippen LogP contribution in [0, 0.1) is 5.41 Å². The molecular formula is C18H22N2O3. The molecule has 0 radical (unpaired) electrons. The van der Waals surface area contributed by atoms with Gasteiger partial charge in [-0.3, -0.25) is 4.79 Å². The second-order valence-electron chi connectivity index (χ2n) is 5.97. The number of hydrogen-bond acceptors (Lipinski definition) is 5. The Hall–Kier alpha value is -2.14. The third kappa shape index (κ3) is 3.45. The highest BCUT2D eigenvalue weighted by atomic mass is 16.5. The van der Waals surface area contributed by atoms with Gasteiger partial charge in [0.05, 0.1) is 12.0 Å². The first-order chi connectivity index (χ1) is 11.2. The molecule has 1 fully saturated rings. The van der Waals surface area contributed by atoms with Crippen LogP contribution in [0.1, 0.15) is 25.5 Å². The predicted octanol–water partition coefficient (Wildman–Crippen LogP) is 2.82. The van der Waals surface area contributed by atoms with Gasteiger partial charge in [-0.1, -0.05) is 35.5 Å². The van der Waals surface area contributed by atoms with E-state index in [2.05, 4.69) is 10.5 Å². The van der Waals surface area contributed by atoms with Gasteiger partial charge in [0.15, 0.2) is 0 Å². The van der Waals surface area contributed by atoms with Crippen LogP contribution < -0.4 is 5.32 Å². The standard InChI is InChI=1S/C18H22N2O3/c1-2-22-17(21)18(8-10-19-11-9-18)13-15-12-16(20-23-15)14-6-4-3-5-7-14/h3-7,12,19H,2,8-11,13H2,1H3. The molecule has 0 amide bonds. The zero-order chi connectivity index (χ0) is 16.1. The highest BCUT2D eigenvalue weighted by Gasteiger charge is 2.42. The maximum Gasteiger partial charge on any atom is 0.312 e. The van der Waals surface area contributed by atoms with Crippen LogP contribution in [0.4, 0.5) is 0 Å². The number of ether oxygens (including phenoxy) is 1. The van der Waals surface area contributed by atoms with Gasteiger partial charge in [-0.15, -0.1) is 0 Å². The number of piperidine rings is 1. The second kappa shape index (κ2) is 6.96. The molecule has 0 bridgehead atoms. The number of nitrogens with one attached hydrogen (secondary N) is 1. The van der Waals surface area contributed by atoms with Crippen LogP contribution in [-0.2, 0) is 16.0 Å². The van der Waals surface area contributed by atoms with E-state index < -0.39 is 5.41 Å². The van der Waals surface area contributed by atoms with Gasteiger partial charge >= 0.3 is 5.97 Å². The number of aromatic nitrogens is 1. The summed E-state index contributed by atoms with van der Waals surface area (Å²) in [7, 11) is 0. The van der Waals surface area contributed by atoms with Crippen molar-refractivity contribution in [1.29, 1.82) is 0 Å².